The number of oxazole rings is 1. The summed E-state index contributed by atoms with van der Waals surface area (Å²) in [6.45, 7) is 7.56. The highest BCUT2D eigenvalue weighted by Crippen LogP contribution is 2.30. The van der Waals surface area contributed by atoms with Crippen LogP contribution in [0, 0.1) is 6.92 Å². The van der Waals surface area contributed by atoms with Crippen LogP contribution >= 0.6 is 11.3 Å². The normalized spacial score (nSPS) is 16.7. The van der Waals surface area contributed by atoms with Crippen LogP contribution in [0.4, 0.5) is 0 Å². The monoisotopic (exact) mass is 327 g/mol. The molecule has 3 heterocycles. The molecule has 2 aromatic heterocycles. The average molecular weight is 327 g/mol. The summed E-state index contributed by atoms with van der Waals surface area (Å²) in [7, 11) is 0. The van der Waals surface area contributed by atoms with E-state index in [2.05, 4.69) is 52.5 Å². The maximum absolute atomic E-state index is 5.91. The van der Waals surface area contributed by atoms with Gasteiger partial charge in [0, 0.05) is 24.5 Å². The second kappa shape index (κ2) is 6.43. The maximum atomic E-state index is 5.91. The molecule has 5 heteroatoms. The van der Waals surface area contributed by atoms with Gasteiger partial charge in [-0.25, -0.2) is 4.98 Å². The first-order valence-electron chi connectivity index (χ1n) is 8.17. The average Bonchev–Trinajstić information content (AvgIpc) is 3.07. The minimum absolute atomic E-state index is 0.731. The Hall–Kier alpha value is -1.69. The molecule has 1 fully saturated rings. The molecule has 120 valence electrons. The number of thiophene rings is 1. The summed E-state index contributed by atoms with van der Waals surface area (Å²) >= 11 is 1.72. The van der Waals surface area contributed by atoms with Crippen LogP contribution in [-0.2, 0) is 6.54 Å². The first-order valence-corrected chi connectivity index (χ1v) is 8.99. The quantitative estimate of drug-likeness (QED) is 0.797. The van der Waals surface area contributed by atoms with Gasteiger partial charge in [0.05, 0.1) is 4.88 Å². The SMILES string of the molecule is Cc1ccc(-c2nc3cc(CN4CCCNCC4)ccc3o2)s1. The van der Waals surface area contributed by atoms with Crippen molar-refractivity contribution in [2.24, 2.45) is 0 Å². The van der Waals surface area contributed by atoms with Crippen LogP contribution in [0.3, 0.4) is 0 Å². The van der Waals surface area contributed by atoms with Crippen molar-refractivity contribution < 1.29 is 4.42 Å². The lowest BCUT2D eigenvalue weighted by Crippen LogP contribution is -2.27. The van der Waals surface area contributed by atoms with Crippen molar-refractivity contribution in [3.05, 3.63) is 40.8 Å². The van der Waals surface area contributed by atoms with Gasteiger partial charge in [0.1, 0.15) is 5.52 Å². The lowest BCUT2D eigenvalue weighted by molar-refractivity contribution is 0.284. The lowest BCUT2D eigenvalue weighted by atomic mass is 10.2. The Labute approximate surface area is 140 Å². The third-order valence-corrected chi connectivity index (χ3v) is 5.23. The molecule has 0 atom stereocenters. The van der Waals surface area contributed by atoms with E-state index in [1.165, 1.54) is 16.9 Å². The molecular formula is C18H21N3OS. The number of benzene rings is 1. The lowest BCUT2D eigenvalue weighted by Gasteiger charge is -2.19. The summed E-state index contributed by atoms with van der Waals surface area (Å²) in [4.78, 5) is 9.56. The van der Waals surface area contributed by atoms with Gasteiger partial charge in [0.15, 0.2) is 5.58 Å². The van der Waals surface area contributed by atoms with Crippen molar-refractivity contribution in [3.63, 3.8) is 0 Å². The van der Waals surface area contributed by atoms with Crippen LogP contribution in [0.2, 0.25) is 0 Å². The fourth-order valence-electron chi connectivity index (χ4n) is 3.04. The molecule has 0 spiro atoms. The van der Waals surface area contributed by atoms with E-state index >= 15 is 0 Å². The predicted molar refractivity (Wildman–Crippen MR) is 94.8 cm³/mol. The first-order chi connectivity index (χ1) is 11.3. The van der Waals surface area contributed by atoms with Gasteiger partial charge in [-0.15, -0.1) is 11.3 Å². The molecule has 0 amide bonds. The zero-order valence-corrected chi connectivity index (χ0v) is 14.2. The largest absolute Gasteiger partial charge is 0.435 e. The maximum Gasteiger partial charge on any atom is 0.237 e. The highest BCUT2D eigenvalue weighted by Gasteiger charge is 2.13. The van der Waals surface area contributed by atoms with E-state index in [1.807, 2.05) is 0 Å². The molecule has 0 bridgehead atoms. The van der Waals surface area contributed by atoms with Crippen molar-refractivity contribution in [3.8, 4) is 10.8 Å². The fourth-order valence-corrected chi connectivity index (χ4v) is 3.84. The van der Waals surface area contributed by atoms with Gasteiger partial charge >= 0.3 is 0 Å². The second-order valence-corrected chi connectivity index (χ2v) is 7.40. The van der Waals surface area contributed by atoms with Gasteiger partial charge in [-0.3, -0.25) is 4.90 Å². The van der Waals surface area contributed by atoms with Crippen molar-refractivity contribution in [2.45, 2.75) is 19.9 Å². The van der Waals surface area contributed by atoms with Gasteiger partial charge in [0.2, 0.25) is 5.89 Å². The topological polar surface area (TPSA) is 41.3 Å². The Morgan fingerprint density at radius 3 is 3.04 bits per heavy atom. The molecular weight excluding hydrogens is 306 g/mol. The van der Waals surface area contributed by atoms with Crippen LogP contribution in [0.1, 0.15) is 16.9 Å². The van der Waals surface area contributed by atoms with Gasteiger partial charge < -0.3 is 9.73 Å². The number of hydrogen-bond acceptors (Lipinski definition) is 5. The van der Waals surface area contributed by atoms with Crippen LogP contribution in [0.5, 0.6) is 0 Å². The minimum atomic E-state index is 0.731. The van der Waals surface area contributed by atoms with Crippen LogP contribution in [-0.4, -0.2) is 36.1 Å². The molecule has 1 saturated heterocycles. The zero-order valence-electron chi connectivity index (χ0n) is 13.3. The van der Waals surface area contributed by atoms with Crippen LogP contribution < -0.4 is 5.32 Å². The highest BCUT2D eigenvalue weighted by atomic mass is 32.1. The van der Waals surface area contributed by atoms with Crippen molar-refractivity contribution in [1.29, 1.82) is 0 Å². The third-order valence-electron chi connectivity index (χ3n) is 4.24. The molecule has 0 radical (unpaired) electrons. The van der Waals surface area contributed by atoms with Gasteiger partial charge in [-0.1, -0.05) is 6.07 Å². The standard InChI is InChI=1S/C18H21N3OS/c1-13-3-6-17(23-13)18-20-15-11-14(4-5-16(15)22-18)12-21-9-2-7-19-8-10-21/h3-6,11,19H,2,7-10,12H2,1H3. The number of rotatable bonds is 3. The summed E-state index contributed by atoms with van der Waals surface area (Å²) < 4.78 is 5.91. The molecule has 1 aromatic carbocycles. The molecule has 0 saturated carbocycles. The summed E-state index contributed by atoms with van der Waals surface area (Å²) in [5.41, 5.74) is 3.13. The molecule has 1 N–H and O–H groups in total. The van der Waals surface area contributed by atoms with Crippen LogP contribution in [0.15, 0.2) is 34.7 Å². The summed E-state index contributed by atoms with van der Waals surface area (Å²) in [5, 5.41) is 3.45. The molecule has 4 nitrogen and oxygen atoms in total. The Kier molecular flexibility index (Phi) is 4.16. The summed E-state index contributed by atoms with van der Waals surface area (Å²) in [5.74, 6) is 0.731. The second-order valence-electron chi connectivity index (χ2n) is 6.11. The number of nitrogens with one attached hydrogen (secondary N) is 1. The molecule has 1 aliphatic heterocycles. The molecule has 23 heavy (non-hydrogen) atoms. The first kappa shape index (κ1) is 14.9. The molecule has 4 rings (SSSR count). The van der Waals surface area contributed by atoms with Gasteiger partial charge in [-0.2, -0.15) is 0 Å². The van der Waals surface area contributed by atoms with E-state index < -0.39 is 0 Å². The van der Waals surface area contributed by atoms with E-state index in [4.69, 9.17) is 4.42 Å². The number of fused-ring (bicyclic) bond motifs is 1. The van der Waals surface area contributed by atoms with E-state index in [1.54, 1.807) is 11.3 Å². The van der Waals surface area contributed by atoms with E-state index in [0.29, 0.717) is 0 Å². The Morgan fingerprint density at radius 2 is 2.17 bits per heavy atom. The van der Waals surface area contributed by atoms with Gasteiger partial charge in [0.25, 0.3) is 0 Å². The smallest absolute Gasteiger partial charge is 0.237 e. The van der Waals surface area contributed by atoms with Gasteiger partial charge in [-0.05, 0) is 56.3 Å². The third kappa shape index (κ3) is 3.32. The van der Waals surface area contributed by atoms with Crippen molar-refractivity contribution in [1.82, 2.24) is 15.2 Å². The Balaban J connectivity index is 1.57. The Bertz CT molecular complexity index is 800. The molecule has 0 unspecified atom stereocenters. The van der Waals surface area contributed by atoms with E-state index in [0.717, 1.165) is 54.6 Å². The fraction of sp³-hybridized carbons (Fsp3) is 0.389. The van der Waals surface area contributed by atoms with Crippen molar-refractivity contribution >= 4 is 22.4 Å². The Morgan fingerprint density at radius 1 is 1.22 bits per heavy atom. The zero-order chi connectivity index (χ0) is 15.6. The minimum Gasteiger partial charge on any atom is -0.435 e. The molecule has 1 aliphatic rings. The number of aryl methyl sites for hydroxylation is 1. The predicted octanol–water partition coefficient (Wildman–Crippen LogP) is 3.66. The molecule has 0 aliphatic carbocycles. The van der Waals surface area contributed by atoms with Crippen LogP contribution in [0.25, 0.3) is 21.9 Å². The number of nitrogens with zero attached hydrogens (tertiary/aromatic N) is 2. The van der Waals surface area contributed by atoms with E-state index in [9.17, 15) is 0 Å². The van der Waals surface area contributed by atoms with E-state index in [-0.39, 0.29) is 0 Å². The highest BCUT2D eigenvalue weighted by molar-refractivity contribution is 7.15. The summed E-state index contributed by atoms with van der Waals surface area (Å²) in [6, 6.07) is 10.6. The molecule has 3 aromatic rings. The number of aromatic nitrogens is 1. The number of hydrogen-bond donors (Lipinski definition) is 1. The van der Waals surface area contributed by atoms with Crippen molar-refractivity contribution in [2.75, 3.05) is 26.2 Å². The summed E-state index contributed by atoms with van der Waals surface area (Å²) in [6.07, 6.45) is 1.22.